The molecule has 0 saturated carbocycles. The number of hydrogen-bond acceptors (Lipinski definition) is 5. The third kappa shape index (κ3) is 4.24. The molecule has 8 heteroatoms. The SMILES string of the molecule is C[C@@H](Nc1cnnc2ccc(N3CCC4(CCOCC4)C3)cc12)c1cccc(C(F)F)c1F. The molecular weight excluding hydrogens is 429 g/mol. The number of alkyl halides is 2. The average molecular weight is 457 g/mol. The molecule has 2 aliphatic heterocycles. The van der Waals surface area contributed by atoms with Gasteiger partial charge in [-0.15, -0.1) is 0 Å². The van der Waals surface area contributed by atoms with E-state index in [2.05, 4.69) is 32.5 Å². The Hall–Kier alpha value is -2.87. The van der Waals surface area contributed by atoms with Crippen LogP contribution >= 0.6 is 0 Å². The molecule has 1 N–H and O–H groups in total. The van der Waals surface area contributed by atoms with Crippen LogP contribution in [0.15, 0.2) is 42.6 Å². The number of hydrogen-bond donors (Lipinski definition) is 1. The second-order valence-corrected chi connectivity index (χ2v) is 9.16. The van der Waals surface area contributed by atoms with Crippen molar-refractivity contribution < 1.29 is 17.9 Å². The lowest BCUT2D eigenvalue weighted by Gasteiger charge is -2.33. The number of fused-ring (bicyclic) bond motifs is 1. The molecule has 2 aromatic carbocycles. The molecule has 0 aliphatic carbocycles. The highest BCUT2D eigenvalue weighted by Gasteiger charge is 2.39. The first kappa shape index (κ1) is 21.9. The van der Waals surface area contributed by atoms with Crippen LogP contribution in [0.2, 0.25) is 0 Å². The fourth-order valence-corrected chi connectivity index (χ4v) is 5.11. The monoisotopic (exact) mass is 456 g/mol. The zero-order chi connectivity index (χ0) is 23.0. The molecule has 33 heavy (non-hydrogen) atoms. The van der Waals surface area contributed by atoms with Crippen LogP contribution in [-0.2, 0) is 4.74 Å². The highest BCUT2D eigenvalue weighted by Crippen LogP contribution is 2.42. The quantitative estimate of drug-likeness (QED) is 0.519. The molecule has 0 radical (unpaired) electrons. The zero-order valence-electron chi connectivity index (χ0n) is 18.5. The topological polar surface area (TPSA) is 50.3 Å². The van der Waals surface area contributed by atoms with Gasteiger partial charge in [0.15, 0.2) is 0 Å². The van der Waals surface area contributed by atoms with Crippen LogP contribution in [-0.4, -0.2) is 36.5 Å². The number of aromatic nitrogens is 2. The smallest absolute Gasteiger partial charge is 0.266 e. The van der Waals surface area contributed by atoms with Gasteiger partial charge in [-0.1, -0.05) is 18.2 Å². The number of ether oxygens (including phenoxy) is 1. The first-order valence-corrected chi connectivity index (χ1v) is 11.4. The molecule has 2 saturated heterocycles. The van der Waals surface area contributed by atoms with Crippen molar-refractivity contribution in [3.05, 3.63) is 59.5 Å². The highest BCUT2D eigenvalue weighted by molar-refractivity contribution is 5.93. The minimum absolute atomic E-state index is 0.190. The van der Waals surface area contributed by atoms with Gasteiger partial charge in [-0.25, -0.2) is 13.2 Å². The Morgan fingerprint density at radius 1 is 1.09 bits per heavy atom. The molecule has 174 valence electrons. The van der Waals surface area contributed by atoms with Crippen molar-refractivity contribution in [3.63, 3.8) is 0 Å². The van der Waals surface area contributed by atoms with Gasteiger partial charge >= 0.3 is 0 Å². The van der Waals surface area contributed by atoms with Gasteiger partial charge in [-0.3, -0.25) is 0 Å². The first-order valence-electron chi connectivity index (χ1n) is 11.4. The minimum atomic E-state index is -2.86. The highest BCUT2D eigenvalue weighted by atomic mass is 19.3. The van der Waals surface area contributed by atoms with Crippen LogP contribution in [0.1, 0.15) is 49.8 Å². The fraction of sp³-hybridized carbons (Fsp3) is 0.440. The predicted octanol–water partition coefficient (Wildman–Crippen LogP) is 5.89. The van der Waals surface area contributed by atoms with E-state index in [9.17, 15) is 13.2 Å². The van der Waals surface area contributed by atoms with Gasteiger partial charge < -0.3 is 15.0 Å². The third-order valence-electron chi connectivity index (χ3n) is 7.11. The van der Waals surface area contributed by atoms with Gasteiger partial charge in [0.05, 0.1) is 29.0 Å². The first-order chi connectivity index (χ1) is 16.0. The van der Waals surface area contributed by atoms with Gasteiger partial charge in [-0.05, 0) is 49.8 Å². The van der Waals surface area contributed by atoms with Crippen LogP contribution in [0, 0.1) is 11.2 Å². The summed E-state index contributed by atoms with van der Waals surface area (Å²) in [4.78, 5) is 2.41. The molecule has 3 aromatic rings. The van der Waals surface area contributed by atoms with E-state index in [0.717, 1.165) is 68.2 Å². The Bertz CT molecular complexity index is 1150. The maximum absolute atomic E-state index is 14.7. The normalized spacial score (nSPS) is 18.9. The van der Waals surface area contributed by atoms with Crippen molar-refractivity contribution in [1.29, 1.82) is 0 Å². The lowest BCUT2D eigenvalue weighted by Crippen LogP contribution is -2.33. The van der Waals surface area contributed by atoms with E-state index in [4.69, 9.17) is 4.74 Å². The molecule has 2 aliphatic rings. The number of nitrogens with one attached hydrogen (secondary N) is 1. The lowest BCUT2D eigenvalue weighted by atomic mass is 9.80. The molecular formula is C25H27F3N4O. The number of anilines is 2. The van der Waals surface area contributed by atoms with E-state index in [-0.39, 0.29) is 5.56 Å². The molecule has 1 aromatic heterocycles. The Labute approximate surface area is 191 Å². The van der Waals surface area contributed by atoms with Gasteiger partial charge in [0.2, 0.25) is 0 Å². The lowest BCUT2D eigenvalue weighted by molar-refractivity contribution is 0.0254. The summed E-state index contributed by atoms with van der Waals surface area (Å²) in [5.74, 6) is -0.877. The molecule has 0 amide bonds. The van der Waals surface area contributed by atoms with Crippen molar-refractivity contribution in [2.45, 2.75) is 38.7 Å². The average Bonchev–Trinajstić information content (AvgIpc) is 3.22. The second kappa shape index (κ2) is 8.82. The third-order valence-corrected chi connectivity index (χ3v) is 7.11. The number of rotatable bonds is 5. The van der Waals surface area contributed by atoms with Crippen LogP contribution < -0.4 is 10.2 Å². The fourth-order valence-electron chi connectivity index (χ4n) is 5.11. The zero-order valence-corrected chi connectivity index (χ0v) is 18.5. The van der Waals surface area contributed by atoms with Gasteiger partial charge in [0.1, 0.15) is 5.82 Å². The standard InChI is InChI=1S/C25H27F3N4O/c1-16(18-3-2-4-19(23(18)26)24(27)28)30-22-14-29-31-21-6-5-17(13-20(21)22)32-10-7-25(15-32)8-11-33-12-9-25/h2-6,13-14,16,24H,7-12,15H2,1H3,(H,30,31)/t16-/m1/s1. The summed E-state index contributed by atoms with van der Waals surface area (Å²) in [6, 6.07) is 9.67. The number of nitrogens with zero attached hydrogens (tertiary/aromatic N) is 3. The van der Waals surface area contributed by atoms with E-state index < -0.39 is 23.8 Å². The van der Waals surface area contributed by atoms with Crippen molar-refractivity contribution >= 4 is 22.3 Å². The van der Waals surface area contributed by atoms with Crippen LogP contribution in [0.5, 0.6) is 0 Å². The van der Waals surface area contributed by atoms with E-state index >= 15 is 0 Å². The summed E-state index contributed by atoms with van der Waals surface area (Å²) in [6.07, 6.45) is 2.08. The molecule has 5 rings (SSSR count). The maximum Gasteiger partial charge on any atom is 0.266 e. The van der Waals surface area contributed by atoms with Crippen molar-refractivity contribution in [2.75, 3.05) is 36.5 Å². The minimum Gasteiger partial charge on any atom is -0.381 e. The molecule has 3 heterocycles. The van der Waals surface area contributed by atoms with Crippen molar-refractivity contribution in [3.8, 4) is 0 Å². The predicted molar refractivity (Wildman–Crippen MR) is 122 cm³/mol. The summed E-state index contributed by atoms with van der Waals surface area (Å²) in [5, 5.41) is 12.4. The largest absolute Gasteiger partial charge is 0.381 e. The summed E-state index contributed by atoms with van der Waals surface area (Å²) in [7, 11) is 0. The van der Waals surface area contributed by atoms with Gasteiger partial charge in [0, 0.05) is 42.9 Å². The molecule has 0 unspecified atom stereocenters. The van der Waals surface area contributed by atoms with Crippen LogP contribution in [0.3, 0.4) is 0 Å². The summed E-state index contributed by atoms with van der Waals surface area (Å²) in [5.41, 5.74) is 2.45. The van der Waals surface area contributed by atoms with E-state index in [1.807, 2.05) is 6.07 Å². The van der Waals surface area contributed by atoms with E-state index in [1.54, 1.807) is 13.1 Å². The Morgan fingerprint density at radius 2 is 1.88 bits per heavy atom. The maximum atomic E-state index is 14.7. The van der Waals surface area contributed by atoms with Crippen molar-refractivity contribution in [1.82, 2.24) is 10.2 Å². The molecule has 2 fully saturated rings. The Morgan fingerprint density at radius 3 is 2.67 bits per heavy atom. The molecule has 0 bridgehead atoms. The molecule has 1 atom stereocenters. The number of halogens is 3. The van der Waals surface area contributed by atoms with Crippen LogP contribution in [0.25, 0.3) is 10.9 Å². The number of benzene rings is 2. The van der Waals surface area contributed by atoms with Crippen molar-refractivity contribution in [2.24, 2.45) is 5.41 Å². The van der Waals surface area contributed by atoms with E-state index in [0.29, 0.717) is 11.1 Å². The molecule has 1 spiro atoms. The summed E-state index contributed by atoms with van der Waals surface area (Å²) < 4.78 is 46.5. The second-order valence-electron chi connectivity index (χ2n) is 9.16. The Balaban J connectivity index is 1.42. The Kier molecular flexibility index (Phi) is 5.86. The molecule has 5 nitrogen and oxygen atoms in total. The summed E-state index contributed by atoms with van der Waals surface area (Å²) >= 11 is 0. The summed E-state index contributed by atoms with van der Waals surface area (Å²) in [6.45, 7) is 5.41. The van der Waals surface area contributed by atoms with Crippen LogP contribution in [0.4, 0.5) is 24.5 Å². The van der Waals surface area contributed by atoms with Gasteiger partial charge in [0.25, 0.3) is 6.43 Å². The van der Waals surface area contributed by atoms with E-state index in [1.165, 1.54) is 12.1 Å². The van der Waals surface area contributed by atoms with Gasteiger partial charge in [-0.2, -0.15) is 10.2 Å².